The number of carbonyl (C=O) groups excluding carboxylic acids is 2. The summed E-state index contributed by atoms with van der Waals surface area (Å²) in [4.78, 5) is 24.1. The number of ether oxygens (including phenoxy) is 1. The SMILES string of the molecule is CC(=O)OCC1=CN2C(=O)C[C@@H]2S1. The van der Waals surface area contributed by atoms with Crippen molar-refractivity contribution in [3.8, 4) is 0 Å². The van der Waals surface area contributed by atoms with Crippen LogP contribution in [-0.4, -0.2) is 28.8 Å². The van der Waals surface area contributed by atoms with Crippen LogP contribution in [0, 0.1) is 0 Å². The fourth-order valence-corrected chi connectivity index (χ4v) is 2.43. The zero-order valence-electron chi connectivity index (χ0n) is 7.15. The Kier molecular flexibility index (Phi) is 2.03. The summed E-state index contributed by atoms with van der Waals surface area (Å²) in [6.45, 7) is 1.67. The number of carbonyl (C=O) groups is 2. The summed E-state index contributed by atoms with van der Waals surface area (Å²) < 4.78 is 4.82. The Hall–Kier alpha value is -0.970. The molecule has 4 nitrogen and oxygen atoms in total. The van der Waals surface area contributed by atoms with Crippen molar-refractivity contribution in [3.63, 3.8) is 0 Å². The van der Waals surface area contributed by atoms with Crippen LogP contribution in [0.2, 0.25) is 0 Å². The van der Waals surface area contributed by atoms with Gasteiger partial charge in [0, 0.05) is 18.0 Å². The van der Waals surface area contributed by atoms with E-state index in [2.05, 4.69) is 0 Å². The number of hydrogen-bond donors (Lipinski definition) is 0. The minimum atomic E-state index is -0.290. The van der Waals surface area contributed by atoms with Crippen molar-refractivity contribution in [1.82, 2.24) is 4.90 Å². The molecule has 0 bridgehead atoms. The number of thioether (sulfide) groups is 1. The quantitative estimate of drug-likeness (QED) is 0.485. The largest absolute Gasteiger partial charge is 0.460 e. The van der Waals surface area contributed by atoms with Gasteiger partial charge in [-0.2, -0.15) is 0 Å². The first-order valence-electron chi connectivity index (χ1n) is 3.98. The second kappa shape index (κ2) is 3.06. The predicted octanol–water partition coefficient (Wildman–Crippen LogP) is 0.696. The second-order valence-electron chi connectivity index (χ2n) is 2.95. The number of esters is 1. The zero-order valence-corrected chi connectivity index (χ0v) is 7.97. The molecule has 0 saturated carbocycles. The molecule has 0 aliphatic carbocycles. The van der Waals surface area contributed by atoms with Gasteiger partial charge in [0.25, 0.3) is 0 Å². The fraction of sp³-hybridized carbons (Fsp3) is 0.500. The zero-order chi connectivity index (χ0) is 9.42. The molecule has 0 aromatic rings. The van der Waals surface area contributed by atoms with E-state index in [0.29, 0.717) is 13.0 Å². The summed E-state index contributed by atoms with van der Waals surface area (Å²) in [5.41, 5.74) is 0. The monoisotopic (exact) mass is 199 g/mol. The van der Waals surface area contributed by atoms with Crippen LogP contribution < -0.4 is 0 Å². The molecule has 5 heteroatoms. The molecule has 0 radical (unpaired) electrons. The third-order valence-electron chi connectivity index (χ3n) is 1.94. The van der Waals surface area contributed by atoms with Gasteiger partial charge in [0.1, 0.15) is 6.61 Å². The molecule has 0 N–H and O–H groups in total. The van der Waals surface area contributed by atoms with Gasteiger partial charge in [-0.25, -0.2) is 0 Å². The van der Waals surface area contributed by atoms with Gasteiger partial charge < -0.3 is 9.64 Å². The second-order valence-corrected chi connectivity index (χ2v) is 4.26. The molecular weight excluding hydrogens is 190 g/mol. The Morgan fingerprint density at radius 3 is 3.15 bits per heavy atom. The molecule has 1 amide bonds. The molecule has 1 fully saturated rings. The van der Waals surface area contributed by atoms with E-state index < -0.39 is 0 Å². The topological polar surface area (TPSA) is 46.6 Å². The fourth-order valence-electron chi connectivity index (χ4n) is 1.26. The molecule has 2 heterocycles. The first kappa shape index (κ1) is 8.62. The first-order valence-corrected chi connectivity index (χ1v) is 4.86. The molecule has 0 aromatic heterocycles. The maximum absolute atomic E-state index is 11.0. The molecule has 0 spiro atoms. The maximum Gasteiger partial charge on any atom is 0.302 e. The Morgan fingerprint density at radius 2 is 2.62 bits per heavy atom. The van der Waals surface area contributed by atoms with Crippen LogP contribution in [0.1, 0.15) is 13.3 Å². The van der Waals surface area contributed by atoms with E-state index in [4.69, 9.17) is 4.74 Å². The van der Waals surface area contributed by atoms with Crippen molar-refractivity contribution in [3.05, 3.63) is 11.1 Å². The van der Waals surface area contributed by atoms with E-state index in [1.807, 2.05) is 0 Å². The first-order chi connectivity index (χ1) is 6.16. The summed E-state index contributed by atoms with van der Waals surface area (Å²) in [6, 6.07) is 0. The number of fused-ring (bicyclic) bond motifs is 1. The highest BCUT2D eigenvalue weighted by Crippen LogP contribution is 2.41. The highest BCUT2D eigenvalue weighted by Gasteiger charge is 2.40. The maximum atomic E-state index is 11.0. The smallest absolute Gasteiger partial charge is 0.302 e. The standard InChI is InChI=1S/C8H9NO3S/c1-5(10)12-4-6-3-9-7(11)2-8(9)13-6/h3,8H,2,4H2,1H3/t8-/m0/s1. The summed E-state index contributed by atoms with van der Waals surface area (Å²) in [5.74, 6) is -0.141. The minimum absolute atomic E-state index is 0.148. The van der Waals surface area contributed by atoms with Gasteiger partial charge in [0.2, 0.25) is 5.91 Å². The highest BCUT2D eigenvalue weighted by atomic mass is 32.2. The van der Waals surface area contributed by atoms with Crippen LogP contribution in [-0.2, 0) is 14.3 Å². The number of β-lactam (4-membered cyclic amide) rings is 1. The molecule has 0 aromatic carbocycles. The number of nitrogens with zero attached hydrogens (tertiary/aromatic N) is 1. The predicted molar refractivity (Wildman–Crippen MR) is 47.6 cm³/mol. The molecule has 0 unspecified atom stereocenters. The summed E-state index contributed by atoms with van der Waals surface area (Å²) >= 11 is 1.60. The Balaban J connectivity index is 1.89. The highest BCUT2D eigenvalue weighted by molar-refractivity contribution is 8.04. The van der Waals surface area contributed by atoms with Crippen molar-refractivity contribution < 1.29 is 14.3 Å². The van der Waals surface area contributed by atoms with Gasteiger partial charge in [-0.1, -0.05) is 11.8 Å². The number of hydrogen-bond acceptors (Lipinski definition) is 4. The van der Waals surface area contributed by atoms with Crippen molar-refractivity contribution in [2.45, 2.75) is 18.7 Å². The van der Waals surface area contributed by atoms with Crippen LogP contribution in [0.25, 0.3) is 0 Å². The van der Waals surface area contributed by atoms with Gasteiger partial charge in [-0.15, -0.1) is 0 Å². The van der Waals surface area contributed by atoms with Crippen molar-refractivity contribution in [2.75, 3.05) is 6.61 Å². The number of rotatable bonds is 2. The average molecular weight is 199 g/mol. The lowest BCUT2D eigenvalue weighted by atomic mass is 10.2. The van der Waals surface area contributed by atoms with Gasteiger partial charge >= 0.3 is 5.97 Å². The lowest BCUT2D eigenvalue weighted by Gasteiger charge is -2.31. The Labute approximate surface area is 79.9 Å². The lowest BCUT2D eigenvalue weighted by Crippen LogP contribution is -2.44. The van der Waals surface area contributed by atoms with Crippen molar-refractivity contribution in [1.29, 1.82) is 0 Å². The lowest BCUT2D eigenvalue weighted by molar-refractivity contribution is -0.139. The van der Waals surface area contributed by atoms with Gasteiger partial charge in [-0.3, -0.25) is 9.59 Å². The molecule has 1 saturated heterocycles. The normalized spacial score (nSPS) is 25.0. The average Bonchev–Trinajstić information content (AvgIpc) is 2.39. The molecule has 1 atom stereocenters. The van der Waals surface area contributed by atoms with Crippen LogP contribution in [0.15, 0.2) is 11.1 Å². The molecule has 13 heavy (non-hydrogen) atoms. The van der Waals surface area contributed by atoms with Crippen LogP contribution >= 0.6 is 11.8 Å². The third-order valence-corrected chi connectivity index (χ3v) is 3.13. The number of amides is 1. The van der Waals surface area contributed by atoms with Gasteiger partial charge in [0.05, 0.1) is 11.8 Å². The van der Waals surface area contributed by atoms with Crippen LogP contribution in [0.3, 0.4) is 0 Å². The van der Waals surface area contributed by atoms with Crippen molar-refractivity contribution >= 4 is 23.6 Å². The molecule has 70 valence electrons. The van der Waals surface area contributed by atoms with E-state index in [0.717, 1.165) is 4.91 Å². The summed E-state index contributed by atoms with van der Waals surface area (Å²) in [5, 5.41) is 0.262. The van der Waals surface area contributed by atoms with E-state index in [-0.39, 0.29) is 17.3 Å². The summed E-state index contributed by atoms with van der Waals surface area (Å²) in [6.07, 6.45) is 2.37. The van der Waals surface area contributed by atoms with Crippen LogP contribution in [0.4, 0.5) is 0 Å². The molecular formula is C8H9NO3S. The Bertz CT molecular complexity index is 300. The molecule has 2 aliphatic heterocycles. The van der Waals surface area contributed by atoms with Gasteiger partial charge in [0.15, 0.2) is 0 Å². The Morgan fingerprint density at radius 1 is 1.85 bits per heavy atom. The summed E-state index contributed by atoms with van der Waals surface area (Å²) in [7, 11) is 0. The third kappa shape index (κ3) is 1.56. The van der Waals surface area contributed by atoms with Crippen molar-refractivity contribution in [2.24, 2.45) is 0 Å². The van der Waals surface area contributed by atoms with E-state index in [1.165, 1.54) is 6.92 Å². The van der Waals surface area contributed by atoms with E-state index >= 15 is 0 Å². The minimum Gasteiger partial charge on any atom is -0.460 e. The van der Waals surface area contributed by atoms with Gasteiger partial charge in [-0.05, 0) is 0 Å². The molecule has 2 rings (SSSR count). The van der Waals surface area contributed by atoms with Crippen LogP contribution in [0.5, 0.6) is 0 Å². The van der Waals surface area contributed by atoms with E-state index in [1.54, 1.807) is 22.9 Å². The van der Waals surface area contributed by atoms with E-state index in [9.17, 15) is 9.59 Å². The molecule has 2 aliphatic rings.